The normalized spacial score (nSPS) is 10.9. The first-order valence-corrected chi connectivity index (χ1v) is 8.19. The van der Waals surface area contributed by atoms with Gasteiger partial charge in [-0.3, -0.25) is 0 Å². The van der Waals surface area contributed by atoms with E-state index < -0.39 is 0 Å². The molecular weight excluding hydrogens is 411 g/mol. The lowest BCUT2D eigenvalue weighted by Crippen LogP contribution is -1.91. The van der Waals surface area contributed by atoms with Crippen LogP contribution in [0.1, 0.15) is 0 Å². The molecule has 0 atom stereocenters. The molecule has 2 nitrogen and oxygen atoms in total. The van der Waals surface area contributed by atoms with Crippen molar-refractivity contribution in [2.45, 2.75) is 0 Å². The lowest BCUT2D eigenvalue weighted by molar-refractivity contribution is 1.42. The summed E-state index contributed by atoms with van der Waals surface area (Å²) in [6, 6.07) is 11.7. The summed E-state index contributed by atoms with van der Waals surface area (Å²) >= 11 is 14.7. The first kappa shape index (κ1) is 13.4. The third-order valence-electron chi connectivity index (χ3n) is 2.56. The zero-order valence-electron chi connectivity index (χ0n) is 9.45. The number of rotatable bonds is 2. The number of fused-ring (bicyclic) bond motifs is 1. The van der Waals surface area contributed by atoms with Gasteiger partial charge in [0.1, 0.15) is 0 Å². The third-order valence-corrected chi connectivity index (χ3v) is 5.33. The molecule has 3 aromatic rings. The molecule has 2 aromatic carbocycles. The highest BCUT2D eigenvalue weighted by molar-refractivity contribution is 9.11. The van der Waals surface area contributed by atoms with Gasteiger partial charge >= 0.3 is 0 Å². The summed E-state index contributed by atoms with van der Waals surface area (Å²) in [7, 11) is 0. The molecule has 0 aliphatic carbocycles. The number of hydrogen-bond acceptors (Lipinski definition) is 3. The van der Waals surface area contributed by atoms with Gasteiger partial charge in [-0.1, -0.05) is 35.1 Å². The first-order valence-electron chi connectivity index (χ1n) is 5.41. The Kier molecular flexibility index (Phi) is 3.80. The van der Waals surface area contributed by atoms with Crippen LogP contribution in [0.25, 0.3) is 10.2 Å². The summed E-state index contributed by atoms with van der Waals surface area (Å²) < 4.78 is 2.95. The van der Waals surface area contributed by atoms with E-state index in [4.69, 9.17) is 11.6 Å². The number of benzene rings is 2. The van der Waals surface area contributed by atoms with Gasteiger partial charge in [0.25, 0.3) is 0 Å². The van der Waals surface area contributed by atoms with Gasteiger partial charge < -0.3 is 5.32 Å². The van der Waals surface area contributed by atoms with Crippen LogP contribution in [0.15, 0.2) is 45.3 Å². The second-order valence-electron chi connectivity index (χ2n) is 3.83. The summed E-state index contributed by atoms with van der Waals surface area (Å²) in [5.74, 6) is 0. The minimum Gasteiger partial charge on any atom is -0.330 e. The van der Waals surface area contributed by atoms with Crippen molar-refractivity contribution in [1.82, 2.24) is 4.98 Å². The molecule has 0 aliphatic rings. The highest BCUT2D eigenvalue weighted by Gasteiger charge is 2.10. The maximum absolute atomic E-state index is 6.16. The standard InChI is InChI=1S/C13H7Br2ClN2S/c14-7-3-1-4-8(15)11(7)18-13-17-10-6-2-5-9(16)12(10)19-13/h1-6H,(H,17,18). The van der Waals surface area contributed by atoms with Crippen LogP contribution in [0.5, 0.6) is 0 Å². The molecule has 0 saturated carbocycles. The van der Waals surface area contributed by atoms with Crippen LogP contribution in [0.4, 0.5) is 10.8 Å². The molecule has 1 N–H and O–H groups in total. The molecule has 0 spiro atoms. The Labute approximate surface area is 136 Å². The Morgan fingerprint density at radius 1 is 1.05 bits per heavy atom. The number of nitrogens with one attached hydrogen (secondary N) is 1. The van der Waals surface area contributed by atoms with Crippen LogP contribution in [0.2, 0.25) is 5.02 Å². The van der Waals surface area contributed by atoms with E-state index in [-0.39, 0.29) is 0 Å². The molecule has 0 saturated heterocycles. The minimum atomic E-state index is 0.731. The smallest absolute Gasteiger partial charge is 0.188 e. The molecule has 0 unspecified atom stereocenters. The van der Waals surface area contributed by atoms with Gasteiger partial charge in [0, 0.05) is 8.95 Å². The van der Waals surface area contributed by atoms with Crippen molar-refractivity contribution >= 4 is 75.8 Å². The van der Waals surface area contributed by atoms with E-state index in [1.807, 2.05) is 36.4 Å². The Hall–Kier alpha value is -0.620. The van der Waals surface area contributed by atoms with E-state index in [9.17, 15) is 0 Å². The van der Waals surface area contributed by atoms with Crippen LogP contribution < -0.4 is 5.32 Å². The average Bonchev–Trinajstić information content (AvgIpc) is 2.78. The summed E-state index contributed by atoms with van der Waals surface area (Å²) in [4.78, 5) is 4.53. The highest BCUT2D eigenvalue weighted by atomic mass is 79.9. The van der Waals surface area contributed by atoms with Crippen molar-refractivity contribution in [3.63, 3.8) is 0 Å². The molecule has 1 aromatic heterocycles. The predicted octanol–water partition coefficient (Wildman–Crippen LogP) is 6.22. The summed E-state index contributed by atoms with van der Waals surface area (Å²) in [5, 5.41) is 4.86. The van der Waals surface area contributed by atoms with E-state index in [2.05, 4.69) is 42.2 Å². The van der Waals surface area contributed by atoms with Gasteiger partial charge in [-0.15, -0.1) is 0 Å². The van der Waals surface area contributed by atoms with E-state index in [1.54, 1.807) is 11.3 Å². The van der Waals surface area contributed by atoms with Gasteiger partial charge in [0.05, 0.1) is 20.9 Å². The van der Waals surface area contributed by atoms with Gasteiger partial charge in [0.15, 0.2) is 5.13 Å². The lowest BCUT2D eigenvalue weighted by Gasteiger charge is -2.07. The molecule has 0 aliphatic heterocycles. The van der Waals surface area contributed by atoms with Crippen molar-refractivity contribution < 1.29 is 0 Å². The Bertz CT molecular complexity index is 737. The average molecular weight is 419 g/mol. The number of halogens is 3. The fraction of sp³-hybridized carbons (Fsp3) is 0. The third kappa shape index (κ3) is 2.65. The molecule has 0 fully saturated rings. The minimum absolute atomic E-state index is 0.731. The molecular formula is C13H7Br2ClN2S. The number of hydrogen-bond donors (Lipinski definition) is 1. The Morgan fingerprint density at radius 2 is 1.74 bits per heavy atom. The van der Waals surface area contributed by atoms with E-state index in [0.29, 0.717) is 0 Å². The molecule has 6 heteroatoms. The fourth-order valence-corrected chi connectivity index (χ4v) is 4.05. The quantitative estimate of drug-likeness (QED) is 0.534. The first-order chi connectivity index (χ1) is 9.15. The van der Waals surface area contributed by atoms with Gasteiger partial charge in [-0.05, 0) is 56.1 Å². The molecule has 0 amide bonds. The van der Waals surface area contributed by atoms with Crippen molar-refractivity contribution in [3.05, 3.63) is 50.4 Å². The molecule has 0 bridgehead atoms. The Morgan fingerprint density at radius 3 is 2.42 bits per heavy atom. The highest BCUT2D eigenvalue weighted by Crippen LogP contribution is 2.37. The van der Waals surface area contributed by atoms with Crippen LogP contribution in [0.3, 0.4) is 0 Å². The monoisotopic (exact) mass is 416 g/mol. The van der Waals surface area contributed by atoms with Gasteiger partial charge in [-0.25, -0.2) is 4.98 Å². The predicted molar refractivity (Wildman–Crippen MR) is 89.8 cm³/mol. The number of para-hydroxylation sites is 1. The SMILES string of the molecule is Clc1cccc2nc(Nc3c(Br)cccc3Br)sc12. The summed E-state index contributed by atoms with van der Waals surface area (Å²) in [6.45, 7) is 0. The van der Waals surface area contributed by atoms with Crippen LogP contribution in [-0.2, 0) is 0 Å². The second kappa shape index (κ2) is 5.40. The van der Waals surface area contributed by atoms with Crippen LogP contribution >= 0.6 is 54.8 Å². The van der Waals surface area contributed by atoms with Gasteiger partial charge in [-0.2, -0.15) is 0 Å². The van der Waals surface area contributed by atoms with Crippen molar-refractivity contribution in [3.8, 4) is 0 Å². The van der Waals surface area contributed by atoms with Crippen molar-refractivity contribution in [2.24, 2.45) is 0 Å². The van der Waals surface area contributed by atoms with Crippen molar-refractivity contribution in [1.29, 1.82) is 0 Å². The second-order valence-corrected chi connectivity index (χ2v) is 6.94. The van der Waals surface area contributed by atoms with Crippen LogP contribution in [0, 0.1) is 0 Å². The van der Waals surface area contributed by atoms with E-state index >= 15 is 0 Å². The van der Waals surface area contributed by atoms with Gasteiger partial charge in [0.2, 0.25) is 0 Å². The van der Waals surface area contributed by atoms with Crippen molar-refractivity contribution in [2.75, 3.05) is 5.32 Å². The number of anilines is 2. The maximum atomic E-state index is 6.16. The van der Waals surface area contributed by atoms with E-state index in [1.165, 1.54) is 0 Å². The van der Waals surface area contributed by atoms with Crippen LogP contribution in [-0.4, -0.2) is 4.98 Å². The Balaban J connectivity index is 2.04. The lowest BCUT2D eigenvalue weighted by atomic mass is 10.3. The molecule has 0 radical (unpaired) electrons. The topological polar surface area (TPSA) is 24.9 Å². The zero-order chi connectivity index (χ0) is 13.4. The largest absolute Gasteiger partial charge is 0.330 e. The number of aromatic nitrogens is 1. The van der Waals surface area contributed by atoms with E-state index in [0.717, 1.165) is 35.0 Å². The summed E-state index contributed by atoms with van der Waals surface area (Å²) in [6.07, 6.45) is 0. The molecule has 19 heavy (non-hydrogen) atoms. The molecule has 1 heterocycles. The zero-order valence-corrected chi connectivity index (χ0v) is 14.2. The molecule has 3 rings (SSSR count). The maximum Gasteiger partial charge on any atom is 0.188 e. The summed E-state index contributed by atoms with van der Waals surface area (Å²) in [5.41, 5.74) is 1.86. The fourth-order valence-electron chi connectivity index (χ4n) is 1.69. The molecule has 96 valence electrons. The number of nitrogens with zero attached hydrogens (tertiary/aromatic N) is 1. The number of thiazole rings is 1.